The first-order chi connectivity index (χ1) is 12.5. The molecule has 3 fully saturated rings. The van der Waals surface area contributed by atoms with E-state index >= 15 is 0 Å². The summed E-state index contributed by atoms with van der Waals surface area (Å²) in [6.07, 6.45) is 18.4. The molecular weight excluding hydrogens is 336 g/mol. The van der Waals surface area contributed by atoms with Gasteiger partial charge in [0.25, 0.3) is 0 Å². The van der Waals surface area contributed by atoms with Gasteiger partial charge in [0.15, 0.2) is 0 Å². The van der Waals surface area contributed by atoms with Crippen molar-refractivity contribution in [2.45, 2.75) is 96.8 Å². The summed E-state index contributed by atoms with van der Waals surface area (Å²) in [6.45, 7) is 7.33. The Kier molecular flexibility index (Phi) is 6.09. The van der Waals surface area contributed by atoms with Gasteiger partial charge in [0, 0.05) is 5.38 Å². The lowest BCUT2D eigenvalue weighted by Crippen LogP contribution is -2.41. The number of hydrogen-bond donors (Lipinski definition) is 0. The number of fused-ring (bicyclic) bond motifs is 5. The fourth-order valence-corrected chi connectivity index (χ4v) is 7.99. The molecule has 0 bridgehead atoms. The highest BCUT2D eigenvalue weighted by atomic mass is 35.5. The van der Waals surface area contributed by atoms with Crippen LogP contribution in [0.1, 0.15) is 91.4 Å². The normalized spacial score (nSPS) is 43.4. The fraction of sp³-hybridized carbons (Fsp3) is 0.920. The lowest BCUT2D eigenvalue weighted by atomic mass is 9.56. The first kappa shape index (κ1) is 19.4. The molecule has 0 radical (unpaired) electrons. The van der Waals surface area contributed by atoms with Crippen molar-refractivity contribution in [1.29, 1.82) is 0 Å². The molecule has 0 nitrogen and oxygen atoms in total. The standard InChI is InChI=1S/C25H41Cl/c1-16(2)5-4-6-17(3)20-11-12-25-22(20)13-14-23-21-10-8-19(26)15-18(21)7-9-24(23)25/h7,16-17,19-25H,4-6,8-15H2,1-3H3/t17-,19-,20-,21+,22+,23+,24-,25+/m0/s1. The summed E-state index contributed by atoms with van der Waals surface area (Å²) >= 11 is 6.47. The zero-order valence-electron chi connectivity index (χ0n) is 17.4. The molecule has 0 unspecified atom stereocenters. The summed E-state index contributed by atoms with van der Waals surface area (Å²) in [5.41, 5.74) is 1.76. The molecule has 1 heteroatoms. The zero-order valence-corrected chi connectivity index (χ0v) is 18.2. The third kappa shape index (κ3) is 3.78. The van der Waals surface area contributed by atoms with Gasteiger partial charge in [-0.25, -0.2) is 0 Å². The summed E-state index contributed by atoms with van der Waals surface area (Å²) < 4.78 is 0. The Labute approximate surface area is 167 Å². The Morgan fingerprint density at radius 2 is 1.65 bits per heavy atom. The highest BCUT2D eigenvalue weighted by Crippen LogP contribution is 2.59. The number of halogens is 1. The van der Waals surface area contributed by atoms with E-state index in [4.69, 9.17) is 11.6 Å². The molecule has 4 aliphatic carbocycles. The molecule has 0 spiro atoms. The van der Waals surface area contributed by atoms with E-state index in [0.29, 0.717) is 5.38 Å². The summed E-state index contributed by atoms with van der Waals surface area (Å²) in [6, 6.07) is 0. The lowest BCUT2D eigenvalue weighted by Gasteiger charge is -2.50. The molecule has 3 saturated carbocycles. The third-order valence-electron chi connectivity index (χ3n) is 8.93. The van der Waals surface area contributed by atoms with E-state index in [9.17, 15) is 0 Å². The monoisotopic (exact) mass is 376 g/mol. The Morgan fingerprint density at radius 1 is 0.885 bits per heavy atom. The van der Waals surface area contributed by atoms with Crippen LogP contribution in [0.4, 0.5) is 0 Å². The van der Waals surface area contributed by atoms with Crippen molar-refractivity contribution in [1.82, 2.24) is 0 Å². The van der Waals surface area contributed by atoms with Crippen LogP contribution in [-0.2, 0) is 0 Å². The van der Waals surface area contributed by atoms with Gasteiger partial charge in [-0.1, -0.05) is 51.7 Å². The topological polar surface area (TPSA) is 0 Å². The van der Waals surface area contributed by atoms with Crippen LogP contribution in [0.2, 0.25) is 0 Å². The molecule has 0 aromatic rings. The minimum Gasteiger partial charge on any atom is -0.123 e. The van der Waals surface area contributed by atoms with E-state index in [1.807, 2.05) is 0 Å². The number of hydrogen-bond acceptors (Lipinski definition) is 0. The van der Waals surface area contributed by atoms with Crippen LogP contribution >= 0.6 is 11.6 Å². The molecule has 8 atom stereocenters. The Hall–Kier alpha value is 0.0300. The van der Waals surface area contributed by atoms with Crippen LogP contribution in [0, 0.1) is 47.3 Å². The lowest BCUT2D eigenvalue weighted by molar-refractivity contribution is 0.0420. The van der Waals surface area contributed by atoms with Gasteiger partial charge in [0.05, 0.1) is 0 Å². The minimum atomic E-state index is 0.424. The van der Waals surface area contributed by atoms with Gasteiger partial charge in [-0.15, -0.1) is 11.6 Å². The van der Waals surface area contributed by atoms with Crippen LogP contribution in [0.25, 0.3) is 0 Å². The molecule has 4 aliphatic rings. The number of rotatable bonds is 5. The van der Waals surface area contributed by atoms with E-state index in [-0.39, 0.29) is 0 Å². The van der Waals surface area contributed by atoms with Gasteiger partial charge in [-0.3, -0.25) is 0 Å². The number of alkyl halides is 1. The largest absolute Gasteiger partial charge is 0.123 e. The number of allylic oxidation sites excluding steroid dienone is 2. The zero-order chi connectivity index (χ0) is 18.3. The van der Waals surface area contributed by atoms with Crippen molar-refractivity contribution in [2.75, 3.05) is 0 Å². The molecule has 0 aliphatic heterocycles. The predicted octanol–water partition coefficient (Wildman–Crippen LogP) is 7.86. The van der Waals surface area contributed by atoms with Crippen molar-refractivity contribution < 1.29 is 0 Å². The van der Waals surface area contributed by atoms with Gasteiger partial charge in [-0.2, -0.15) is 0 Å². The van der Waals surface area contributed by atoms with Crippen LogP contribution in [-0.4, -0.2) is 5.38 Å². The van der Waals surface area contributed by atoms with E-state index in [1.165, 1.54) is 57.8 Å². The van der Waals surface area contributed by atoms with Crippen molar-refractivity contribution in [3.05, 3.63) is 11.6 Å². The molecule has 26 heavy (non-hydrogen) atoms. The van der Waals surface area contributed by atoms with Gasteiger partial charge in [-0.05, 0) is 98.7 Å². The molecule has 0 saturated heterocycles. The van der Waals surface area contributed by atoms with Crippen LogP contribution in [0.3, 0.4) is 0 Å². The Balaban J connectivity index is 1.39. The molecule has 0 aromatic heterocycles. The first-order valence-electron chi connectivity index (χ1n) is 11.9. The van der Waals surface area contributed by atoms with Crippen molar-refractivity contribution in [3.63, 3.8) is 0 Å². The second kappa shape index (κ2) is 8.18. The maximum atomic E-state index is 6.47. The third-order valence-corrected chi connectivity index (χ3v) is 9.30. The molecule has 0 heterocycles. The van der Waals surface area contributed by atoms with Crippen LogP contribution in [0.5, 0.6) is 0 Å². The molecule has 0 N–H and O–H groups in total. The van der Waals surface area contributed by atoms with Gasteiger partial charge in [0.2, 0.25) is 0 Å². The predicted molar refractivity (Wildman–Crippen MR) is 113 cm³/mol. The van der Waals surface area contributed by atoms with Gasteiger partial charge in [0.1, 0.15) is 0 Å². The van der Waals surface area contributed by atoms with Crippen molar-refractivity contribution in [3.8, 4) is 0 Å². The molecule has 0 amide bonds. The quantitative estimate of drug-likeness (QED) is 0.338. The van der Waals surface area contributed by atoms with E-state index in [0.717, 1.165) is 47.3 Å². The highest BCUT2D eigenvalue weighted by molar-refractivity contribution is 6.20. The SMILES string of the molecule is CC(C)CCC[C@H](C)[C@@H]1CC[C@H]2[C@H]3CC=C4C[C@@H](Cl)CC[C@H]4[C@H]3CC[C@@H]21. The second-order valence-electron chi connectivity index (χ2n) is 10.8. The minimum absolute atomic E-state index is 0.424. The van der Waals surface area contributed by atoms with Gasteiger partial charge < -0.3 is 0 Å². The van der Waals surface area contributed by atoms with E-state index in [2.05, 4.69) is 26.8 Å². The van der Waals surface area contributed by atoms with Crippen molar-refractivity contribution in [2.24, 2.45) is 47.3 Å². The second-order valence-corrected chi connectivity index (χ2v) is 11.4. The fourth-order valence-electron chi connectivity index (χ4n) is 7.69. The van der Waals surface area contributed by atoms with E-state index in [1.54, 1.807) is 18.4 Å². The van der Waals surface area contributed by atoms with E-state index < -0.39 is 0 Å². The smallest absolute Gasteiger partial charge is 0.0373 e. The van der Waals surface area contributed by atoms with Gasteiger partial charge >= 0.3 is 0 Å². The molecular formula is C25H41Cl. The molecule has 0 aromatic carbocycles. The maximum absolute atomic E-state index is 6.47. The summed E-state index contributed by atoms with van der Waals surface area (Å²) in [4.78, 5) is 0. The van der Waals surface area contributed by atoms with Crippen LogP contribution < -0.4 is 0 Å². The average molecular weight is 377 g/mol. The summed E-state index contributed by atoms with van der Waals surface area (Å²) in [7, 11) is 0. The first-order valence-corrected chi connectivity index (χ1v) is 12.3. The molecule has 148 valence electrons. The molecule has 4 rings (SSSR count). The van der Waals surface area contributed by atoms with Crippen molar-refractivity contribution >= 4 is 11.6 Å². The summed E-state index contributed by atoms with van der Waals surface area (Å²) in [5, 5.41) is 0.424. The van der Waals surface area contributed by atoms with Crippen LogP contribution in [0.15, 0.2) is 11.6 Å². The highest BCUT2D eigenvalue weighted by Gasteiger charge is 2.50. The Bertz CT molecular complexity index is 506. The maximum Gasteiger partial charge on any atom is 0.0373 e. The summed E-state index contributed by atoms with van der Waals surface area (Å²) in [5.74, 6) is 7.92. The average Bonchev–Trinajstić information content (AvgIpc) is 3.05. The Morgan fingerprint density at radius 3 is 2.46 bits per heavy atom.